The minimum atomic E-state index is -0.439. The summed E-state index contributed by atoms with van der Waals surface area (Å²) < 4.78 is 4.91. The van der Waals surface area contributed by atoms with Crippen molar-refractivity contribution >= 4 is 33.5 Å². The first kappa shape index (κ1) is 11.6. The Morgan fingerprint density at radius 1 is 1.59 bits per heavy atom. The van der Waals surface area contributed by atoms with Crippen LogP contribution in [0, 0.1) is 6.92 Å². The van der Waals surface area contributed by atoms with E-state index < -0.39 is 5.97 Å². The zero-order valence-corrected chi connectivity index (χ0v) is 10.2. The molecule has 0 aliphatic rings. The van der Waals surface area contributed by atoms with Gasteiger partial charge >= 0.3 is 5.97 Å². The van der Waals surface area contributed by atoms with Crippen LogP contribution in [0.4, 0.5) is 5.95 Å². The zero-order chi connectivity index (χ0) is 12.6. The van der Waals surface area contributed by atoms with Crippen LogP contribution in [0.1, 0.15) is 22.2 Å². The van der Waals surface area contributed by atoms with Gasteiger partial charge in [-0.15, -0.1) is 11.3 Å². The number of hydrogen-bond donors (Lipinski definition) is 2. The molecule has 17 heavy (non-hydrogen) atoms. The Morgan fingerprint density at radius 3 is 2.94 bits per heavy atom. The summed E-state index contributed by atoms with van der Waals surface area (Å²) in [6.45, 7) is 3.71. The van der Waals surface area contributed by atoms with E-state index in [4.69, 9.17) is 10.5 Å². The molecule has 0 radical (unpaired) electrons. The monoisotopic (exact) mass is 253 g/mol. The maximum atomic E-state index is 11.7. The molecular formula is C10H11N3O3S. The second-order valence-electron chi connectivity index (χ2n) is 3.41. The number of nitrogens with zero attached hydrogens (tertiary/aromatic N) is 1. The lowest BCUT2D eigenvalue weighted by atomic mass is 10.2. The maximum Gasteiger partial charge on any atom is 0.348 e. The van der Waals surface area contributed by atoms with Gasteiger partial charge < -0.3 is 10.5 Å². The van der Waals surface area contributed by atoms with Crippen molar-refractivity contribution in [1.29, 1.82) is 0 Å². The summed E-state index contributed by atoms with van der Waals surface area (Å²) in [6, 6.07) is 0. The van der Waals surface area contributed by atoms with Crippen molar-refractivity contribution < 1.29 is 9.53 Å². The molecule has 6 nitrogen and oxygen atoms in total. The lowest BCUT2D eigenvalue weighted by molar-refractivity contribution is 0.0531. The molecule has 0 bridgehead atoms. The smallest absolute Gasteiger partial charge is 0.348 e. The Labute approximate surface area is 100 Å². The standard InChI is InChI=1S/C10H11N3O3S/c1-3-16-9(15)6-4(2)5-7(14)12-10(11)13-8(5)17-6/h3H2,1-2H3,(H3,11,12,13,14). The molecule has 2 aromatic rings. The van der Waals surface area contributed by atoms with Gasteiger partial charge in [0.2, 0.25) is 5.95 Å². The number of carbonyl (C=O) groups excluding carboxylic acids is 1. The van der Waals surface area contributed by atoms with Crippen molar-refractivity contribution in [1.82, 2.24) is 9.97 Å². The highest BCUT2D eigenvalue weighted by Gasteiger charge is 2.19. The van der Waals surface area contributed by atoms with Crippen LogP contribution in [-0.2, 0) is 4.74 Å². The van der Waals surface area contributed by atoms with Crippen molar-refractivity contribution in [2.75, 3.05) is 12.3 Å². The number of nitrogen functional groups attached to an aromatic ring is 1. The molecule has 7 heteroatoms. The van der Waals surface area contributed by atoms with Gasteiger partial charge in [0.25, 0.3) is 5.56 Å². The molecule has 2 aromatic heterocycles. The molecule has 0 aromatic carbocycles. The summed E-state index contributed by atoms with van der Waals surface area (Å²) in [6.07, 6.45) is 0. The zero-order valence-electron chi connectivity index (χ0n) is 9.36. The van der Waals surface area contributed by atoms with E-state index in [2.05, 4.69) is 9.97 Å². The molecule has 2 heterocycles. The van der Waals surface area contributed by atoms with Gasteiger partial charge in [0.05, 0.1) is 12.0 Å². The number of hydrogen-bond acceptors (Lipinski definition) is 6. The van der Waals surface area contributed by atoms with Crippen molar-refractivity contribution in [2.45, 2.75) is 13.8 Å². The van der Waals surface area contributed by atoms with Crippen molar-refractivity contribution in [3.05, 3.63) is 20.8 Å². The number of carbonyl (C=O) groups is 1. The van der Waals surface area contributed by atoms with Crippen LogP contribution in [-0.4, -0.2) is 22.5 Å². The van der Waals surface area contributed by atoms with Crippen molar-refractivity contribution in [2.24, 2.45) is 0 Å². The first-order valence-corrected chi connectivity index (χ1v) is 5.82. The van der Waals surface area contributed by atoms with Gasteiger partial charge in [-0.2, -0.15) is 0 Å². The Bertz CT molecular complexity index is 644. The lowest BCUT2D eigenvalue weighted by Gasteiger charge is -1.98. The fourth-order valence-corrected chi connectivity index (χ4v) is 2.63. The van der Waals surface area contributed by atoms with Crippen LogP contribution in [0.2, 0.25) is 0 Å². The predicted octanol–water partition coefficient (Wildman–Crippen LogP) is 1.05. The second kappa shape index (κ2) is 4.17. The topological polar surface area (TPSA) is 98.1 Å². The predicted molar refractivity (Wildman–Crippen MR) is 65.3 cm³/mol. The molecule has 90 valence electrons. The van der Waals surface area contributed by atoms with Gasteiger partial charge in [0.1, 0.15) is 9.71 Å². The SMILES string of the molecule is CCOC(=O)c1sc2nc(N)[nH]c(=O)c2c1C. The van der Waals surface area contributed by atoms with Gasteiger partial charge in [-0.25, -0.2) is 9.78 Å². The average Bonchev–Trinajstić information content (AvgIpc) is 2.56. The molecule has 3 N–H and O–H groups in total. The lowest BCUT2D eigenvalue weighted by Crippen LogP contribution is -2.11. The number of nitrogens with two attached hydrogens (primary N) is 1. The molecule has 0 saturated heterocycles. The van der Waals surface area contributed by atoms with E-state index >= 15 is 0 Å². The van der Waals surface area contributed by atoms with Gasteiger partial charge in [0, 0.05) is 0 Å². The third-order valence-corrected chi connectivity index (χ3v) is 3.45. The number of fused-ring (bicyclic) bond motifs is 1. The number of aromatic amines is 1. The highest BCUT2D eigenvalue weighted by molar-refractivity contribution is 7.20. The Morgan fingerprint density at radius 2 is 2.29 bits per heavy atom. The number of rotatable bonds is 2. The molecule has 0 spiro atoms. The Kier molecular flexibility index (Phi) is 2.84. The summed E-state index contributed by atoms with van der Waals surface area (Å²) in [5, 5.41) is 0.396. The molecule has 0 amide bonds. The van der Waals surface area contributed by atoms with E-state index in [-0.39, 0.29) is 11.5 Å². The minimum absolute atomic E-state index is 0.0409. The number of thiophene rings is 1. The fraction of sp³-hybridized carbons (Fsp3) is 0.300. The number of esters is 1. The molecule has 0 unspecified atom stereocenters. The van der Waals surface area contributed by atoms with Gasteiger partial charge in [-0.05, 0) is 19.4 Å². The van der Waals surface area contributed by atoms with Gasteiger partial charge in [0.15, 0.2) is 0 Å². The molecule has 0 aliphatic heterocycles. The van der Waals surface area contributed by atoms with E-state index in [1.807, 2.05) is 0 Å². The number of anilines is 1. The molecule has 0 atom stereocenters. The number of H-pyrrole nitrogens is 1. The molecule has 0 fully saturated rings. The molecular weight excluding hydrogens is 242 g/mol. The first-order chi connectivity index (χ1) is 8.04. The van der Waals surface area contributed by atoms with Crippen molar-refractivity contribution in [3.63, 3.8) is 0 Å². The highest BCUT2D eigenvalue weighted by Crippen LogP contribution is 2.27. The Balaban J connectivity index is 2.69. The largest absolute Gasteiger partial charge is 0.462 e. The normalized spacial score (nSPS) is 10.7. The second-order valence-corrected chi connectivity index (χ2v) is 4.41. The minimum Gasteiger partial charge on any atom is -0.462 e. The van der Waals surface area contributed by atoms with E-state index in [0.29, 0.717) is 27.3 Å². The first-order valence-electron chi connectivity index (χ1n) is 5.00. The molecule has 0 aliphatic carbocycles. The third kappa shape index (κ3) is 1.89. The van der Waals surface area contributed by atoms with E-state index in [9.17, 15) is 9.59 Å². The average molecular weight is 253 g/mol. The quantitative estimate of drug-likeness (QED) is 0.779. The van der Waals surface area contributed by atoms with Crippen LogP contribution in [0.25, 0.3) is 10.2 Å². The van der Waals surface area contributed by atoms with E-state index in [1.165, 1.54) is 0 Å². The fourth-order valence-electron chi connectivity index (χ4n) is 1.55. The van der Waals surface area contributed by atoms with Crippen LogP contribution < -0.4 is 11.3 Å². The summed E-state index contributed by atoms with van der Waals surface area (Å²) in [5.74, 6) is -0.398. The maximum absolute atomic E-state index is 11.7. The van der Waals surface area contributed by atoms with Crippen molar-refractivity contribution in [3.8, 4) is 0 Å². The van der Waals surface area contributed by atoms with Crippen LogP contribution in [0.5, 0.6) is 0 Å². The van der Waals surface area contributed by atoms with Crippen LogP contribution in [0.3, 0.4) is 0 Å². The third-order valence-electron chi connectivity index (χ3n) is 2.28. The number of nitrogens with one attached hydrogen (secondary N) is 1. The van der Waals surface area contributed by atoms with Gasteiger partial charge in [-0.1, -0.05) is 0 Å². The summed E-state index contributed by atoms with van der Waals surface area (Å²) >= 11 is 1.11. The summed E-state index contributed by atoms with van der Waals surface area (Å²) in [7, 11) is 0. The van der Waals surface area contributed by atoms with E-state index in [1.54, 1.807) is 13.8 Å². The number of ether oxygens (including phenoxy) is 1. The number of aryl methyl sites for hydroxylation is 1. The van der Waals surface area contributed by atoms with E-state index in [0.717, 1.165) is 11.3 Å². The number of aromatic nitrogens is 2. The Hall–Kier alpha value is -1.89. The molecule has 0 saturated carbocycles. The summed E-state index contributed by atoms with van der Waals surface area (Å²) in [4.78, 5) is 30.6. The molecule has 2 rings (SSSR count). The highest BCUT2D eigenvalue weighted by atomic mass is 32.1. The van der Waals surface area contributed by atoms with Gasteiger partial charge in [-0.3, -0.25) is 9.78 Å². The van der Waals surface area contributed by atoms with Crippen LogP contribution in [0.15, 0.2) is 4.79 Å². The summed E-state index contributed by atoms with van der Waals surface area (Å²) in [5.41, 5.74) is 5.69. The van der Waals surface area contributed by atoms with Crippen LogP contribution >= 0.6 is 11.3 Å².